The van der Waals surface area contributed by atoms with Gasteiger partial charge in [0.1, 0.15) is 5.78 Å². The average molecular weight is 393 g/mol. The Kier molecular flexibility index (Phi) is 8.95. The fourth-order valence-electron chi connectivity index (χ4n) is 4.46. The van der Waals surface area contributed by atoms with E-state index in [1.165, 1.54) is 67.2 Å². The van der Waals surface area contributed by atoms with Crippen molar-refractivity contribution in [2.24, 2.45) is 0 Å². The lowest BCUT2D eigenvalue weighted by atomic mass is 9.90. The third kappa shape index (κ3) is 6.02. The Balaban J connectivity index is 1.34. The Morgan fingerprint density at radius 3 is 1.83 bits per heavy atom. The molecule has 3 rings (SSSR count). The summed E-state index contributed by atoms with van der Waals surface area (Å²) in [6.07, 6.45) is 11.6. The van der Waals surface area contributed by atoms with E-state index in [4.69, 9.17) is 4.74 Å². The lowest BCUT2D eigenvalue weighted by Gasteiger charge is -2.12. The van der Waals surface area contributed by atoms with Gasteiger partial charge in [-0.1, -0.05) is 94.0 Å². The van der Waals surface area contributed by atoms with Gasteiger partial charge in [-0.15, -0.1) is 0 Å². The Bertz CT molecular complexity index is 719. The van der Waals surface area contributed by atoms with Gasteiger partial charge < -0.3 is 4.74 Å². The Morgan fingerprint density at radius 1 is 0.724 bits per heavy atom. The first-order chi connectivity index (χ1) is 14.3. The summed E-state index contributed by atoms with van der Waals surface area (Å²) in [4.78, 5) is 13.0. The molecule has 0 aromatic heterocycles. The van der Waals surface area contributed by atoms with E-state index in [9.17, 15) is 4.79 Å². The minimum absolute atomic E-state index is 0.0580. The fraction of sp³-hybridized carbons (Fsp3) is 0.519. The number of hydrogen-bond donors (Lipinski definition) is 0. The standard InChI is InChI=1S/C27H36O2/c1-2-20-29-21-14-8-6-4-3-5-7-9-19-26(28)27-24-17-12-10-15-22(24)23-16-11-13-18-25(23)27/h10-13,15-18,27H,2-9,14,19-21H2,1H3. The molecule has 2 aromatic rings. The molecule has 0 N–H and O–H groups in total. The van der Waals surface area contributed by atoms with Gasteiger partial charge in [-0.05, 0) is 41.5 Å². The van der Waals surface area contributed by atoms with E-state index in [1.54, 1.807) is 0 Å². The molecule has 0 fully saturated rings. The lowest BCUT2D eigenvalue weighted by Crippen LogP contribution is -2.11. The van der Waals surface area contributed by atoms with Crippen molar-refractivity contribution in [3.8, 4) is 11.1 Å². The topological polar surface area (TPSA) is 26.3 Å². The number of carbonyl (C=O) groups excluding carboxylic acids is 1. The molecule has 0 saturated carbocycles. The predicted molar refractivity (Wildman–Crippen MR) is 121 cm³/mol. The maximum absolute atomic E-state index is 13.0. The fourth-order valence-corrected chi connectivity index (χ4v) is 4.46. The first-order valence-electron chi connectivity index (χ1n) is 11.6. The second kappa shape index (κ2) is 11.9. The number of Topliss-reactive ketones (excluding diaryl/α,β-unsaturated/α-hetero) is 1. The molecule has 1 aliphatic rings. The van der Waals surface area contributed by atoms with Crippen molar-refractivity contribution >= 4 is 5.78 Å². The van der Waals surface area contributed by atoms with Crippen LogP contribution >= 0.6 is 0 Å². The maximum atomic E-state index is 13.0. The molecule has 0 radical (unpaired) electrons. The molecule has 2 nitrogen and oxygen atoms in total. The van der Waals surface area contributed by atoms with Crippen LogP contribution in [0.4, 0.5) is 0 Å². The molecule has 2 heteroatoms. The molecule has 2 aromatic carbocycles. The molecule has 0 bridgehead atoms. The number of fused-ring (bicyclic) bond motifs is 3. The Labute approximate surface area is 176 Å². The minimum Gasteiger partial charge on any atom is -0.381 e. The third-order valence-corrected chi connectivity index (χ3v) is 5.97. The van der Waals surface area contributed by atoms with Crippen LogP contribution in [0.5, 0.6) is 0 Å². The third-order valence-electron chi connectivity index (χ3n) is 5.97. The number of unbranched alkanes of at least 4 members (excludes halogenated alkanes) is 7. The number of ether oxygens (including phenoxy) is 1. The first-order valence-corrected chi connectivity index (χ1v) is 11.6. The summed E-state index contributed by atoms with van der Waals surface area (Å²) in [7, 11) is 0. The molecule has 1 aliphatic carbocycles. The second-order valence-corrected chi connectivity index (χ2v) is 8.26. The summed E-state index contributed by atoms with van der Waals surface area (Å²) in [5.74, 6) is 0.326. The largest absolute Gasteiger partial charge is 0.381 e. The highest BCUT2D eigenvalue weighted by Crippen LogP contribution is 2.45. The van der Waals surface area contributed by atoms with Gasteiger partial charge in [0.2, 0.25) is 0 Å². The van der Waals surface area contributed by atoms with Crippen LogP contribution in [-0.2, 0) is 9.53 Å². The van der Waals surface area contributed by atoms with E-state index in [0.29, 0.717) is 12.2 Å². The molecule has 29 heavy (non-hydrogen) atoms. The number of rotatable bonds is 14. The molecule has 0 spiro atoms. The highest BCUT2D eigenvalue weighted by Gasteiger charge is 2.32. The molecular weight excluding hydrogens is 356 g/mol. The summed E-state index contributed by atoms with van der Waals surface area (Å²) in [6.45, 7) is 3.97. The van der Waals surface area contributed by atoms with Crippen LogP contribution < -0.4 is 0 Å². The number of hydrogen-bond acceptors (Lipinski definition) is 2. The Morgan fingerprint density at radius 2 is 1.24 bits per heavy atom. The summed E-state index contributed by atoms with van der Waals surface area (Å²) in [5.41, 5.74) is 4.87. The van der Waals surface area contributed by atoms with Crippen LogP contribution in [0.15, 0.2) is 48.5 Å². The maximum Gasteiger partial charge on any atom is 0.144 e. The summed E-state index contributed by atoms with van der Waals surface area (Å²) >= 11 is 0. The van der Waals surface area contributed by atoms with Crippen molar-refractivity contribution in [3.05, 3.63) is 59.7 Å². The number of benzene rings is 2. The number of carbonyl (C=O) groups is 1. The van der Waals surface area contributed by atoms with Crippen molar-refractivity contribution in [2.45, 2.75) is 77.0 Å². The van der Waals surface area contributed by atoms with Gasteiger partial charge in [-0.25, -0.2) is 0 Å². The molecule has 0 aliphatic heterocycles. The van der Waals surface area contributed by atoms with Gasteiger partial charge in [0.15, 0.2) is 0 Å². The van der Waals surface area contributed by atoms with Crippen LogP contribution in [0.3, 0.4) is 0 Å². The van der Waals surface area contributed by atoms with Gasteiger partial charge >= 0.3 is 0 Å². The first kappa shape index (κ1) is 21.8. The molecular formula is C27H36O2. The van der Waals surface area contributed by atoms with Crippen molar-refractivity contribution in [2.75, 3.05) is 13.2 Å². The predicted octanol–water partition coefficient (Wildman–Crippen LogP) is 7.31. The van der Waals surface area contributed by atoms with Crippen LogP contribution in [0.1, 0.15) is 88.2 Å². The van der Waals surface area contributed by atoms with Crippen LogP contribution in [0.25, 0.3) is 11.1 Å². The van der Waals surface area contributed by atoms with Gasteiger partial charge in [-0.3, -0.25) is 4.79 Å². The number of ketones is 1. The van der Waals surface area contributed by atoms with Crippen molar-refractivity contribution in [1.82, 2.24) is 0 Å². The van der Waals surface area contributed by atoms with Crippen molar-refractivity contribution < 1.29 is 9.53 Å². The van der Waals surface area contributed by atoms with Gasteiger partial charge in [0.05, 0.1) is 5.92 Å². The monoisotopic (exact) mass is 392 g/mol. The molecule has 156 valence electrons. The summed E-state index contributed by atoms with van der Waals surface area (Å²) in [6, 6.07) is 16.8. The summed E-state index contributed by atoms with van der Waals surface area (Å²) in [5, 5.41) is 0. The van der Waals surface area contributed by atoms with E-state index in [1.807, 2.05) is 0 Å². The van der Waals surface area contributed by atoms with E-state index < -0.39 is 0 Å². The van der Waals surface area contributed by atoms with Gasteiger partial charge in [0.25, 0.3) is 0 Å². The van der Waals surface area contributed by atoms with E-state index in [0.717, 1.165) is 26.1 Å². The Hall–Kier alpha value is -1.93. The zero-order chi connectivity index (χ0) is 20.3. The highest BCUT2D eigenvalue weighted by atomic mass is 16.5. The highest BCUT2D eigenvalue weighted by molar-refractivity contribution is 5.97. The van der Waals surface area contributed by atoms with E-state index in [2.05, 4.69) is 55.5 Å². The smallest absolute Gasteiger partial charge is 0.144 e. The normalized spacial score (nSPS) is 12.7. The SMILES string of the molecule is CCCOCCCCCCCCCCC(=O)C1c2ccccc2-c2ccccc21. The van der Waals surface area contributed by atoms with E-state index >= 15 is 0 Å². The van der Waals surface area contributed by atoms with Crippen LogP contribution in [0, 0.1) is 0 Å². The molecule has 0 saturated heterocycles. The van der Waals surface area contributed by atoms with Gasteiger partial charge in [0, 0.05) is 19.6 Å². The molecule has 0 unspecified atom stereocenters. The lowest BCUT2D eigenvalue weighted by molar-refractivity contribution is -0.119. The molecule has 0 atom stereocenters. The van der Waals surface area contributed by atoms with Crippen LogP contribution in [0.2, 0.25) is 0 Å². The van der Waals surface area contributed by atoms with Crippen LogP contribution in [-0.4, -0.2) is 19.0 Å². The minimum atomic E-state index is -0.0580. The van der Waals surface area contributed by atoms with Crippen molar-refractivity contribution in [1.29, 1.82) is 0 Å². The van der Waals surface area contributed by atoms with E-state index in [-0.39, 0.29) is 5.92 Å². The zero-order valence-electron chi connectivity index (χ0n) is 18.0. The quantitative estimate of drug-likeness (QED) is 0.315. The second-order valence-electron chi connectivity index (χ2n) is 8.26. The summed E-state index contributed by atoms with van der Waals surface area (Å²) < 4.78 is 5.52. The molecule has 0 amide bonds. The molecule has 0 heterocycles. The van der Waals surface area contributed by atoms with Gasteiger partial charge in [-0.2, -0.15) is 0 Å². The average Bonchev–Trinajstić information content (AvgIpc) is 3.09. The zero-order valence-corrected chi connectivity index (χ0v) is 18.0. The van der Waals surface area contributed by atoms with Crippen molar-refractivity contribution in [3.63, 3.8) is 0 Å².